The van der Waals surface area contributed by atoms with E-state index in [4.69, 9.17) is 5.11 Å². The Labute approximate surface area is 101 Å². The van der Waals surface area contributed by atoms with Crippen LogP contribution in [0.1, 0.15) is 15.2 Å². The van der Waals surface area contributed by atoms with Crippen LogP contribution in [0.15, 0.2) is 40.9 Å². The van der Waals surface area contributed by atoms with E-state index in [1.165, 1.54) is 11.8 Å². The number of carbonyl (C=O) groups is 1. The molecule has 0 aliphatic heterocycles. The first-order valence-corrected chi connectivity index (χ1v) is 6.46. The van der Waals surface area contributed by atoms with Crippen LogP contribution in [-0.4, -0.2) is 16.1 Å². The van der Waals surface area contributed by atoms with Crippen LogP contribution in [0, 0.1) is 0 Å². The normalized spacial score (nSPS) is 10.2. The van der Waals surface area contributed by atoms with Crippen molar-refractivity contribution in [3.63, 3.8) is 0 Å². The van der Waals surface area contributed by atoms with Gasteiger partial charge in [0, 0.05) is 21.7 Å². The average Bonchev–Trinajstić information content (AvgIpc) is 2.79. The van der Waals surface area contributed by atoms with E-state index in [0.717, 1.165) is 15.5 Å². The molecule has 2 aromatic rings. The molecule has 1 aromatic carbocycles. The minimum absolute atomic E-state index is 0.358. The van der Waals surface area contributed by atoms with Crippen molar-refractivity contribution in [3.8, 4) is 0 Å². The molecule has 1 aromatic heterocycles. The molecule has 3 nitrogen and oxygen atoms in total. The first-order chi connectivity index (χ1) is 7.77. The molecular weight excluding hydrogens is 242 g/mol. The lowest BCUT2D eigenvalue weighted by atomic mass is 10.2. The van der Waals surface area contributed by atoms with Crippen LogP contribution in [0.5, 0.6) is 0 Å². The highest BCUT2D eigenvalue weighted by Gasteiger charge is 2.09. The van der Waals surface area contributed by atoms with Crippen LogP contribution in [0.3, 0.4) is 0 Å². The summed E-state index contributed by atoms with van der Waals surface area (Å²) in [6.07, 6.45) is 1.81. The largest absolute Gasteiger partial charge is 0.478 e. The molecule has 0 unspecified atom stereocenters. The fraction of sp³-hybridized carbons (Fsp3) is 0.0909. The number of carboxylic acid groups (broad SMARTS) is 1. The van der Waals surface area contributed by atoms with E-state index in [1.54, 1.807) is 35.2 Å². The summed E-state index contributed by atoms with van der Waals surface area (Å²) >= 11 is 3.10. The summed E-state index contributed by atoms with van der Waals surface area (Å²) in [5.74, 6) is -0.123. The van der Waals surface area contributed by atoms with Crippen LogP contribution in [-0.2, 0) is 5.75 Å². The van der Waals surface area contributed by atoms with Gasteiger partial charge in [0.25, 0.3) is 0 Å². The van der Waals surface area contributed by atoms with E-state index in [1.807, 2.05) is 12.1 Å². The summed E-state index contributed by atoms with van der Waals surface area (Å²) in [5, 5.41) is 9.00. The average molecular weight is 251 g/mol. The molecule has 0 atom stereocenters. The number of thioether (sulfide) groups is 1. The molecule has 0 amide bonds. The second kappa shape index (κ2) is 5.14. The third kappa shape index (κ3) is 2.62. The number of aromatic nitrogens is 1. The Morgan fingerprint density at radius 2 is 2.25 bits per heavy atom. The minimum Gasteiger partial charge on any atom is -0.478 e. The molecule has 82 valence electrons. The van der Waals surface area contributed by atoms with Crippen molar-refractivity contribution < 1.29 is 9.90 Å². The second-order valence-electron chi connectivity index (χ2n) is 3.06. The van der Waals surface area contributed by atoms with Gasteiger partial charge in [-0.1, -0.05) is 12.1 Å². The van der Waals surface area contributed by atoms with E-state index in [2.05, 4.69) is 4.98 Å². The summed E-state index contributed by atoms with van der Waals surface area (Å²) in [6.45, 7) is 0. The number of aromatic carboxylic acids is 1. The smallest absolute Gasteiger partial charge is 0.336 e. The second-order valence-corrected chi connectivity index (χ2v) is 5.05. The Balaban J connectivity index is 2.12. The number of benzene rings is 1. The van der Waals surface area contributed by atoms with Gasteiger partial charge >= 0.3 is 5.97 Å². The quantitative estimate of drug-likeness (QED) is 0.848. The highest BCUT2D eigenvalue weighted by Crippen LogP contribution is 2.27. The van der Waals surface area contributed by atoms with Crippen LogP contribution in [0.4, 0.5) is 0 Å². The van der Waals surface area contributed by atoms with Gasteiger partial charge in [0.2, 0.25) is 0 Å². The van der Waals surface area contributed by atoms with Crippen molar-refractivity contribution >= 4 is 29.1 Å². The van der Waals surface area contributed by atoms with Crippen LogP contribution in [0.25, 0.3) is 0 Å². The maximum Gasteiger partial charge on any atom is 0.336 e. The highest BCUT2D eigenvalue weighted by molar-refractivity contribution is 7.98. The van der Waals surface area contributed by atoms with Crippen LogP contribution >= 0.6 is 23.1 Å². The van der Waals surface area contributed by atoms with Crippen molar-refractivity contribution in [1.29, 1.82) is 0 Å². The third-order valence-corrected chi connectivity index (χ3v) is 4.06. The maximum atomic E-state index is 11.0. The van der Waals surface area contributed by atoms with Crippen molar-refractivity contribution in [2.24, 2.45) is 0 Å². The molecule has 5 heteroatoms. The van der Waals surface area contributed by atoms with Crippen LogP contribution in [0.2, 0.25) is 0 Å². The third-order valence-electron chi connectivity index (χ3n) is 1.97. The monoisotopic (exact) mass is 251 g/mol. The summed E-state index contributed by atoms with van der Waals surface area (Å²) in [4.78, 5) is 16.9. The van der Waals surface area contributed by atoms with E-state index in [0.29, 0.717) is 5.56 Å². The zero-order chi connectivity index (χ0) is 11.4. The van der Waals surface area contributed by atoms with Gasteiger partial charge in [0.15, 0.2) is 0 Å². The Bertz CT molecular complexity index is 482. The fourth-order valence-corrected chi connectivity index (χ4v) is 2.92. The van der Waals surface area contributed by atoms with Gasteiger partial charge in [-0.15, -0.1) is 23.1 Å². The standard InChI is InChI=1S/C11H9NO2S2/c13-11(14)9-3-1-2-4-10(9)15-6-8-5-12-7-16-8/h1-5,7H,6H2,(H,13,14). The highest BCUT2D eigenvalue weighted by atomic mass is 32.2. The molecule has 0 fully saturated rings. The predicted octanol–water partition coefficient (Wildman–Crippen LogP) is 3.13. The summed E-state index contributed by atoms with van der Waals surface area (Å²) in [6, 6.07) is 7.04. The number of rotatable bonds is 4. The van der Waals surface area contributed by atoms with Crippen molar-refractivity contribution in [3.05, 3.63) is 46.4 Å². The molecule has 0 radical (unpaired) electrons. The van der Waals surface area contributed by atoms with Crippen molar-refractivity contribution in [2.45, 2.75) is 10.6 Å². The first-order valence-electron chi connectivity index (χ1n) is 4.60. The van der Waals surface area contributed by atoms with Gasteiger partial charge in [-0.3, -0.25) is 4.98 Å². The summed E-state index contributed by atoms with van der Waals surface area (Å²) in [5.41, 5.74) is 2.14. The maximum absolute atomic E-state index is 11.0. The van der Waals surface area contributed by atoms with Gasteiger partial charge < -0.3 is 5.11 Å². The molecule has 0 aliphatic carbocycles. The molecule has 0 bridgehead atoms. The number of hydrogen-bond acceptors (Lipinski definition) is 4. The number of carboxylic acids is 1. The molecule has 16 heavy (non-hydrogen) atoms. The predicted molar refractivity (Wildman–Crippen MR) is 65.1 cm³/mol. The Kier molecular flexibility index (Phi) is 3.58. The van der Waals surface area contributed by atoms with E-state index in [9.17, 15) is 4.79 Å². The van der Waals surface area contributed by atoms with E-state index in [-0.39, 0.29) is 0 Å². The Morgan fingerprint density at radius 1 is 1.44 bits per heavy atom. The van der Waals surface area contributed by atoms with Gasteiger partial charge in [-0.05, 0) is 12.1 Å². The molecule has 1 N–H and O–H groups in total. The molecule has 1 heterocycles. The van der Waals surface area contributed by atoms with E-state index >= 15 is 0 Å². The Morgan fingerprint density at radius 3 is 2.94 bits per heavy atom. The lowest BCUT2D eigenvalue weighted by molar-refractivity contribution is 0.0693. The number of nitrogens with zero attached hydrogens (tertiary/aromatic N) is 1. The lowest BCUT2D eigenvalue weighted by Gasteiger charge is -2.03. The van der Waals surface area contributed by atoms with E-state index < -0.39 is 5.97 Å². The molecule has 0 saturated heterocycles. The van der Waals surface area contributed by atoms with Gasteiger partial charge in [0.05, 0.1) is 11.1 Å². The fourth-order valence-electron chi connectivity index (χ4n) is 1.23. The molecule has 0 aliphatic rings. The lowest BCUT2D eigenvalue weighted by Crippen LogP contribution is -1.98. The number of hydrogen-bond donors (Lipinski definition) is 1. The zero-order valence-corrected chi connectivity index (χ0v) is 9.92. The molecular formula is C11H9NO2S2. The summed E-state index contributed by atoms with van der Waals surface area (Å²) < 4.78 is 0. The zero-order valence-electron chi connectivity index (χ0n) is 8.29. The number of thiazole rings is 1. The van der Waals surface area contributed by atoms with Gasteiger partial charge in [-0.25, -0.2) is 4.79 Å². The van der Waals surface area contributed by atoms with Gasteiger partial charge in [0.1, 0.15) is 0 Å². The Hall–Kier alpha value is -1.33. The first kappa shape index (κ1) is 11.2. The topological polar surface area (TPSA) is 50.2 Å². The molecule has 0 saturated carbocycles. The molecule has 0 spiro atoms. The van der Waals surface area contributed by atoms with Crippen molar-refractivity contribution in [1.82, 2.24) is 4.98 Å². The molecule has 2 rings (SSSR count). The SMILES string of the molecule is O=C(O)c1ccccc1SCc1cncs1. The van der Waals surface area contributed by atoms with Crippen LogP contribution < -0.4 is 0 Å². The minimum atomic E-state index is -0.882. The van der Waals surface area contributed by atoms with Crippen molar-refractivity contribution in [2.75, 3.05) is 0 Å². The van der Waals surface area contributed by atoms with Gasteiger partial charge in [-0.2, -0.15) is 0 Å². The summed E-state index contributed by atoms with van der Waals surface area (Å²) in [7, 11) is 0.